The van der Waals surface area contributed by atoms with E-state index < -0.39 is 5.60 Å². The fraction of sp³-hybridized carbons (Fsp3) is 1.00. The van der Waals surface area contributed by atoms with E-state index in [9.17, 15) is 5.11 Å². The van der Waals surface area contributed by atoms with Crippen molar-refractivity contribution < 1.29 is 9.84 Å². The summed E-state index contributed by atoms with van der Waals surface area (Å²) in [7, 11) is 0. The van der Waals surface area contributed by atoms with Crippen molar-refractivity contribution in [2.45, 2.75) is 88.9 Å². The van der Waals surface area contributed by atoms with E-state index in [2.05, 4.69) is 19.2 Å². The van der Waals surface area contributed by atoms with Crippen molar-refractivity contribution in [3.8, 4) is 0 Å². The van der Waals surface area contributed by atoms with Crippen molar-refractivity contribution in [3.05, 3.63) is 0 Å². The molecule has 0 radical (unpaired) electrons. The molecule has 2 aliphatic carbocycles. The monoisotopic (exact) mass is 281 g/mol. The molecule has 3 heteroatoms. The molecule has 1 saturated heterocycles. The van der Waals surface area contributed by atoms with Crippen LogP contribution in [0.15, 0.2) is 0 Å². The van der Waals surface area contributed by atoms with Gasteiger partial charge in [0.15, 0.2) is 0 Å². The second kappa shape index (κ2) is 5.26. The summed E-state index contributed by atoms with van der Waals surface area (Å²) in [5, 5.41) is 14.4. The molecular formula is C17H31NO2. The van der Waals surface area contributed by atoms with Crippen LogP contribution in [-0.2, 0) is 4.74 Å². The van der Waals surface area contributed by atoms with Crippen LogP contribution in [0, 0.1) is 5.41 Å². The Morgan fingerprint density at radius 1 is 1.10 bits per heavy atom. The lowest BCUT2D eigenvalue weighted by Crippen LogP contribution is -2.54. The Balaban J connectivity index is 1.47. The minimum absolute atomic E-state index is 0.201. The SMILES string of the molecule is CC1(C)CCC(O)(CNC2CCOC3(CCC3)C2)CC1. The molecule has 1 unspecified atom stereocenters. The highest BCUT2D eigenvalue weighted by atomic mass is 16.5. The first kappa shape index (κ1) is 14.8. The van der Waals surface area contributed by atoms with E-state index in [0.29, 0.717) is 11.5 Å². The Hall–Kier alpha value is -0.120. The number of rotatable bonds is 3. The van der Waals surface area contributed by atoms with Crippen LogP contribution in [0.2, 0.25) is 0 Å². The van der Waals surface area contributed by atoms with Gasteiger partial charge < -0.3 is 15.2 Å². The number of nitrogens with one attached hydrogen (secondary N) is 1. The van der Waals surface area contributed by atoms with Gasteiger partial charge in [-0.25, -0.2) is 0 Å². The molecule has 0 aromatic carbocycles. The minimum atomic E-state index is -0.472. The molecule has 0 aromatic heterocycles. The Bertz CT molecular complexity index is 339. The molecule has 20 heavy (non-hydrogen) atoms. The lowest BCUT2D eigenvalue weighted by molar-refractivity contribution is -0.137. The topological polar surface area (TPSA) is 41.5 Å². The van der Waals surface area contributed by atoms with Crippen LogP contribution in [0.4, 0.5) is 0 Å². The van der Waals surface area contributed by atoms with Gasteiger partial charge in [-0.3, -0.25) is 0 Å². The maximum atomic E-state index is 10.7. The van der Waals surface area contributed by atoms with Gasteiger partial charge in [-0.15, -0.1) is 0 Å². The maximum absolute atomic E-state index is 10.7. The average molecular weight is 281 g/mol. The van der Waals surface area contributed by atoms with E-state index >= 15 is 0 Å². The average Bonchev–Trinajstić information content (AvgIpc) is 2.39. The Morgan fingerprint density at radius 3 is 2.40 bits per heavy atom. The summed E-state index contributed by atoms with van der Waals surface area (Å²) >= 11 is 0. The zero-order valence-corrected chi connectivity index (χ0v) is 13.2. The van der Waals surface area contributed by atoms with Gasteiger partial charge in [0.1, 0.15) is 0 Å². The fourth-order valence-corrected chi connectivity index (χ4v) is 4.02. The summed E-state index contributed by atoms with van der Waals surface area (Å²) in [4.78, 5) is 0. The summed E-state index contributed by atoms with van der Waals surface area (Å²) in [5.41, 5.74) is 0.147. The maximum Gasteiger partial charge on any atom is 0.0772 e. The quantitative estimate of drug-likeness (QED) is 0.835. The highest BCUT2D eigenvalue weighted by molar-refractivity contribution is 4.97. The summed E-state index contributed by atoms with van der Waals surface area (Å²) < 4.78 is 5.97. The summed E-state index contributed by atoms with van der Waals surface area (Å²) in [6.45, 7) is 6.30. The normalized spacial score (nSPS) is 34.6. The van der Waals surface area contributed by atoms with Crippen LogP contribution < -0.4 is 5.32 Å². The van der Waals surface area contributed by atoms with E-state index in [4.69, 9.17) is 4.74 Å². The first-order valence-electron chi connectivity index (χ1n) is 8.50. The van der Waals surface area contributed by atoms with Gasteiger partial charge in [-0.05, 0) is 63.2 Å². The van der Waals surface area contributed by atoms with E-state index in [1.165, 1.54) is 19.3 Å². The third kappa shape index (κ3) is 3.20. The largest absolute Gasteiger partial charge is 0.389 e. The van der Waals surface area contributed by atoms with Crippen LogP contribution in [0.3, 0.4) is 0 Å². The Labute approximate surface area is 123 Å². The van der Waals surface area contributed by atoms with Gasteiger partial charge >= 0.3 is 0 Å². The molecular weight excluding hydrogens is 250 g/mol. The number of ether oxygens (including phenoxy) is 1. The summed E-state index contributed by atoms with van der Waals surface area (Å²) in [5.74, 6) is 0. The second-order valence-electron chi connectivity index (χ2n) is 8.34. The lowest BCUT2D eigenvalue weighted by atomic mass is 9.70. The second-order valence-corrected chi connectivity index (χ2v) is 8.34. The number of hydrogen-bond donors (Lipinski definition) is 2. The van der Waals surface area contributed by atoms with E-state index in [0.717, 1.165) is 51.7 Å². The Morgan fingerprint density at radius 2 is 1.80 bits per heavy atom. The zero-order valence-electron chi connectivity index (χ0n) is 13.2. The van der Waals surface area contributed by atoms with Crippen molar-refractivity contribution in [1.29, 1.82) is 0 Å². The van der Waals surface area contributed by atoms with Crippen molar-refractivity contribution in [2.75, 3.05) is 13.2 Å². The third-order valence-electron chi connectivity index (χ3n) is 6.01. The minimum Gasteiger partial charge on any atom is -0.389 e. The van der Waals surface area contributed by atoms with Gasteiger partial charge in [-0.2, -0.15) is 0 Å². The highest BCUT2D eigenvalue weighted by Crippen LogP contribution is 2.43. The van der Waals surface area contributed by atoms with Crippen LogP contribution >= 0.6 is 0 Å². The van der Waals surface area contributed by atoms with Crippen molar-refractivity contribution >= 4 is 0 Å². The van der Waals surface area contributed by atoms with Gasteiger partial charge in [0, 0.05) is 19.2 Å². The molecule has 0 aromatic rings. The van der Waals surface area contributed by atoms with Gasteiger partial charge in [0.2, 0.25) is 0 Å². The molecule has 3 nitrogen and oxygen atoms in total. The van der Waals surface area contributed by atoms with Crippen LogP contribution in [0.25, 0.3) is 0 Å². The first-order valence-corrected chi connectivity index (χ1v) is 8.50. The molecule has 0 amide bonds. The van der Waals surface area contributed by atoms with Crippen molar-refractivity contribution in [3.63, 3.8) is 0 Å². The van der Waals surface area contributed by atoms with E-state index in [-0.39, 0.29) is 5.60 Å². The molecule has 1 atom stereocenters. The lowest BCUT2D eigenvalue weighted by Gasteiger charge is -2.48. The Kier molecular flexibility index (Phi) is 3.89. The molecule has 1 aliphatic heterocycles. The summed E-state index contributed by atoms with van der Waals surface area (Å²) in [6, 6.07) is 0.544. The van der Waals surface area contributed by atoms with Crippen LogP contribution in [0.5, 0.6) is 0 Å². The molecule has 0 bridgehead atoms. The third-order valence-corrected chi connectivity index (χ3v) is 6.01. The fourth-order valence-electron chi connectivity index (χ4n) is 4.02. The van der Waals surface area contributed by atoms with Crippen molar-refractivity contribution in [2.24, 2.45) is 5.41 Å². The first-order chi connectivity index (χ1) is 9.41. The molecule has 116 valence electrons. The molecule has 3 fully saturated rings. The molecule has 3 rings (SSSR count). The molecule has 3 aliphatic rings. The molecule has 1 spiro atoms. The van der Waals surface area contributed by atoms with Gasteiger partial charge in [0.25, 0.3) is 0 Å². The standard InChI is InChI=1S/C17H31NO2/c1-15(2)7-9-16(19,10-8-15)13-18-14-4-11-20-17(12-14)5-3-6-17/h14,18-19H,3-13H2,1-2H3. The highest BCUT2D eigenvalue weighted by Gasteiger charge is 2.43. The molecule has 2 N–H and O–H groups in total. The van der Waals surface area contributed by atoms with Gasteiger partial charge in [0.05, 0.1) is 11.2 Å². The van der Waals surface area contributed by atoms with Crippen molar-refractivity contribution in [1.82, 2.24) is 5.32 Å². The smallest absolute Gasteiger partial charge is 0.0772 e. The zero-order chi connectivity index (χ0) is 14.3. The predicted molar refractivity (Wildman–Crippen MR) is 80.8 cm³/mol. The summed E-state index contributed by atoms with van der Waals surface area (Å²) in [6.07, 6.45) is 10.2. The van der Waals surface area contributed by atoms with E-state index in [1.54, 1.807) is 0 Å². The molecule has 1 heterocycles. The molecule has 2 saturated carbocycles. The van der Waals surface area contributed by atoms with E-state index in [1.807, 2.05) is 0 Å². The predicted octanol–water partition coefficient (Wildman–Crippen LogP) is 3.01. The van der Waals surface area contributed by atoms with Gasteiger partial charge in [-0.1, -0.05) is 13.8 Å². The number of aliphatic hydroxyl groups is 1. The number of hydrogen-bond acceptors (Lipinski definition) is 3. The van der Waals surface area contributed by atoms with Crippen LogP contribution in [0.1, 0.15) is 71.6 Å². The van der Waals surface area contributed by atoms with Crippen LogP contribution in [-0.4, -0.2) is 35.5 Å².